The number of halogens is 2. The van der Waals surface area contributed by atoms with Crippen molar-refractivity contribution >= 4 is 57.8 Å². The van der Waals surface area contributed by atoms with Crippen LogP contribution >= 0.6 is 45.2 Å². The molecule has 0 aliphatic heterocycles. The first kappa shape index (κ1) is 24.1. The van der Waals surface area contributed by atoms with Crippen LogP contribution in [0.4, 0.5) is 0 Å². The van der Waals surface area contributed by atoms with E-state index in [4.69, 9.17) is 11.5 Å². The Kier molecular flexibility index (Phi) is 8.60. The second kappa shape index (κ2) is 11.4. The molecule has 3 aromatic rings. The first-order chi connectivity index (χ1) is 15.5. The Hall–Kier alpha value is -2.50. The van der Waals surface area contributed by atoms with Crippen LogP contribution in [0, 0.1) is 30.8 Å². The Labute approximate surface area is 214 Å². The van der Waals surface area contributed by atoms with Crippen molar-refractivity contribution in [1.29, 1.82) is 0 Å². The van der Waals surface area contributed by atoms with Crippen LogP contribution in [0.2, 0.25) is 0 Å². The van der Waals surface area contributed by atoms with Gasteiger partial charge >= 0.3 is 0 Å². The number of hydrogen-bond donors (Lipinski definition) is 2. The molecule has 0 spiro atoms. The van der Waals surface area contributed by atoms with Crippen molar-refractivity contribution in [3.8, 4) is 23.7 Å². The Morgan fingerprint density at radius 3 is 1.50 bits per heavy atom. The van der Waals surface area contributed by atoms with E-state index in [0.29, 0.717) is 35.3 Å². The third-order valence-electron chi connectivity index (χ3n) is 4.63. The molecule has 0 fully saturated rings. The molecule has 0 amide bonds. The molecule has 4 N–H and O–H groups in total. The van der Waals surface area contributed by atoms with Gasteiger partial charge in [-0.2, -0.15) is 0 Å². The summed E-state index contributed by atoms with van der Waals surface area (Å²) in [5.41, 5.74) is 17.3. The maximum absolute atomic E-state index is 11.5. The summed E-state index contributed by atoms with van der Waals surface area (Å²) in [7, 11) is 0. The highest BCUT2D eigenvalue weighted by molar-refractivity contribution is 14.1. The van der Waals surface area contributed by atoms with Crippen molar-refractivity contribution in [2.45, 2.75) is 13.1 Å². The molecule has 0 heterocycles. The SMILES string of the molecule is NCc1cc(I)c(C=O)c(C#Cc2cccc(C#Cc3cc(CN)cc(I)c3C=O)c2)c1. The van der Waals surface area contributed by atoms with Crippen LogP contribution in [0.5, 0.6) is 0 Å². The third-order valence-corrected chi connectivity index (χ3v) is 6.42. The predicted molar refractivity (Wildman–Crippen MR) is 143 cm³/mol. The normalized spacial score (nSPS) is 9.88. The molecule has 32 heavy (non-hydrogen) atoms. The van der Waals surface area contributed by atoms with E-state index in [1.807, 2.05) is 48.5 Å². The first-order valence-corrected chi connectivity index (χ1v) is 11.7. The van der Waals surface area contributed by atoms with E-state index >= 15 is 0 Å². The van der Waals surface area contributed by atoms with Crippen LogP contribution < -0.4 is 11.5 Å². The predicted octanol–water partition coefficient (Wildman–Crippen LogP) is 4.24. The lowest BCUT2D eigenvalue weighted by Crippen LogP contribution is -2.01. The summed E-state index contributed by atoms with van der Waals surface area (Å²) < 4.78 is 1.65. The Morgan fingerprint density at radius 1 is 0.688 bits per heavy atom. The molecule has 3 rings (SSSR count). The van der Waals surface area contributed by atoms with Gasteiger partial charge in [-0.3, -0.25) is 9.59 Å². The monoisotopic (exact) mass is 644 g/mol. The zero-order chi connectivity index (χ0) is 23.1. The van der Waals surface area contributed by atoms with Gasteiger partial charge in [-0.05, 0) is 98.8 Å². The molecule has 0 radical (unpaired) electrons. The molecule has 4 nitrogen and oxygen atoms in total. The van der Waals surface area contributed by atoms with Gasteiger partial charge < -0.3 is 11.5 Å². The van der Waals surface area contributed by atoms with Crippen molar-refractivity contribution < 1.29 is 9.59 Å². The molecule has 0 aromatic heterocycles. The molecule has 0 aliphatic carbocycles. The number of aldehydes is 2. The molecule has 3 aromatic carbocycles. The Bertz CT molecular complexity index is 1230. The fourth-order valence-corrected chi connectivity index (χ4v) is 4.62. The van der Waals surface area contributed by atoms with E-state index in [1.165, 1.54) is 0 Å². The molecule has 0 atom stereocenters. The van der Waals surface area contributed by atoms with Gasteiger partial charge in [0.05, 0.1) is 0 Å². The van der Waals surface area contributed by atoms with Crippen LogP contribution in [0.25, 0.3) is 0 Å². The molecule has 0 unspecified atom stereocenters. The molecular formula is C26H18I2N2O2. The number of rotatable bonds is 4. The van der Waals surface area contributed by atoms with Crippen molar-refractivity contribution in [3.63, 3.8) is 0 Å². The molecule has 0 saturated carbocycles. The van der Waals surface area contributed by atoms with Gasteiger partial charge in [-0.1, -0.05) is 29.7 Å². The van der Waals surface area contributed by atoms with E-state index in [9.17, 15) is 9.59 Å². The minimum absolute atomic E-state index is 0.377. The van der Waals surface area contributed by atoms with E-state index in [1.54, 1.807) is 0 Å². The van der Waals surface area contributed by atoms with Gasteiger partial charge in [0, 0.05) is 53.6 Å². The van der Waals surface area contributed by atoms with Crippen molar-refractivity contribution in [2.24, 2.45) is 11.5 Å². The zero-order valence-corrected chi connectivity index (χ0v) is 21.2. The first-order valence-electron chi connectivity index (χ1n) is 9.58. The highest BCUT2D eigenvalue weighted by Crippen LogP contribution is 2.19. The lowest BCUT2D eigenvalue weighted by atomic mass is 10.0. The van der Waals surface area contributed by atoms with Crippen LogP contribution in [0.15, 0.2) is 48.5 Å². The summed E-state index contributed by atoms with van der Waals surface area (Å²) in [5.74, 6) is 12.4. The molecule has 0 saturated heterocycles. The maximum atomic E-state index is 11.5. The number of carbonyl (C=O) groups excluding carboxylic acids is 2. The summed E-state index contributed by atoms with van der Waals surface area (Å²) in [4.78, 5) is 23.0. The zero-order valence-electron chi connectivity index (χ0n) is 16.9. The number of hydrogen-bond acceptors (Lipinski definition) is 4. The van der Waals surface area contributed by atoms with Gasteiger partial charge in [-0.25, -0.2) is 0 Å². The van der Waals surface area contributed by atoms with Crippen molar-refractivity contribution in [1.82, 2.24) is 0 Å². The Morgan fingerprint density at radius 2 is 1.12 bits per heavy atom. The maximum Gasteiger partial charge on any atom is 0.152 e. The van der Waals surface area contributed by atoms with Gasteiger partial charge in [0.15, 0.2) is 12.6 Å². The fourth-order valence-electron chi connectivity index (χ4n) is 2.98. The number of benzene rings is 3. The quantitative estimate of drug-likeness (QED) is 0.253. The molecule has 158 valence electrons. The highest BCUT2D eigenvalue weighted by Gasteiger charge is 2.07. The smallest absolute Gasteiger partial charge is 0.152 e. The van der Waals surface area contributed by atoms with Crippen LogP contribution in [-0.4, -0.2) is 12.6 Å². The van der Waals surface area contributed by atoms with E-state index in [0.717, 1.165) is 42.0 Å². The van der Waals surface area contributed by atoms with E-state index in [2.05, 4.69) is 68.9 Å². The summed E-state index contributed by atoms with van der Waals surface area (Å²) in [5, 5.41) is 0. The summed E-state index contributed by atoms with van der Waals surface area (Å²) in [6, 6.07) is 15.0. The van der Waals surface area contributed by atoms with E-state index in [-0.39, 0.29) is 0 Å². The molecule has 0 bridgehead atoms. The summed E-state index contributed by atoms with van der Waals surface area (Å²) in [6.45, 7) is 0.754. The van der Waals surface area contributed by atoms with Crippen LogP contribution in [-0.2, 0) is 13.1 Å². The third kappa shape index (κ3) is 5.84. The van der Waals surface area contributed by atoms with E-state index < -0.39 is 0 Å². The number of carbonyl (C=O) groups is 2. The summed E-state index contributed by atoms with van der Waals surface area (Å²) >= 11 is 4.24. The summed E-state index contributed by atoms with van der Waals surface area (Å²) in [6.07, 6.45) is 1.63. The van der Waals surface area contributed by atoms with Gasteiger partial charge in [0.1, 0.15) is 0 Å². The topological polar surface area (TPSA) is 86.2 Å². The lowest BCUT2D eigenvalue weighted by molar-refractivity contribution is 0.111. The van der Waals surface area contributed by atoms with Crippen LogP contribution in [0.3, 0.4) is 0 Å². The molecule has 0 aliphatic rings. The average Bonchev–Trinajstić information content (AvgIpc) is 2.80. The van der Waals surface area contributed by atoms with Gasteiger partial charge in [0.2, 0.25) is 0 Å². The second-order valence-corrected chi connectivity index (χ2v) is 9.13. The Balaban J connectivity index is 1.97. The lowest BCUT2D eigenvalue weighted by Gasteiger charge is -2.04. The van der Waals surface area contributed by atoms with Crippen molar-refractivity contribution in [2.75, 3.05) is 0 Å². The standard InChI is InChI=1S/C26H18I2N2O2/c27-25-11-19(13-29)9-21(23(25)15-31)6-4-17-2-1-3-18(8-17)5-7-22-10-20(14-30)12-26(28)24(22)16-32/h1-3,8-12,15-16H,13-14,29-30H2. The minimum Gasteiger partial charge on any atom is -0.326 e. The average molecular weight is 644 g/mol. The largest absolute Gasteiger partial charge is 0.326 e. The molecule has 6 heteroatoms. The van der Waals surface area contributed by atoms with Crippen LogP contribution in [0.1, 0.15) is 54.1 Å². The van der Waals surface area contributed by atoms with Crippen molar-refractivity contribution in [3.05, 3.63) is 100 Å². The highest BCUT2D eigenvalue weighted by atomic mass is 127. The minimum atomic E-state index is 0.377. The molecular weight excluding hydrogens is 626 g/mol. The number of nitrogens with two attached hydrogens (primary N) is 2. The fraction of sp³-hybridized carbons (Fsp3) is 0.0769. The van der Waals surface area contributed by atoms with Gasteiger partial charge in [0.25, 0.3) is 0 Å². The second-order valence-electron chi connectivity index (χ2n) is 6.80. The van der Waals surface area contributed by atoms with Gasteiger partial charge in [-0.15, -0.1) is 0 Å².